The zero-order valence-electron chi connectivity index (χ0n) is 13.6. The second-order valence-electron chi connectivity index (χ2n) is 5.51. The van der Waals surface area contributed by atoms with Crippen LogP contribution in [0.15, 0.2) is 53.3 Å². The number of aromatic nitrogens is 1. The fraction of sp³-hybridized carbons (Fsp3) is 0.263. The van der Waals surface area contributed by atoms with Gasteiger partial charge >= 0.3 is 0 Å². The van der Waals surface area contributed by atoms with E-state index in [0.29, 0.717) is 19.6 Å². The van der Waals surface area contributed by atoms with E-state index in [0.717, 1.165) is 34.4 Å². The quantitative estimate of drug-likeness (QED) is 0.725. The minimum Gasteiger partial charge on any atom is -0.494 e. The third kappa shape index (κ3) is 4.13. The Balaban J connectivity index is 1.46. The number of fused-ring (bicyclic) bond motifs is 1. The van der Waals surface area contributed by atoms with E-state index < -0.39 is 0 Å². The number of rotatable bonds is 7. The van der Waals surface area contributed by atoms with E-state index in [2.05, 4.69) is 10.3 Å². The van der Waals surface area contributed by atoms with Gasteiger partial charge < -0.3 is 14.5 Å². The molecule has 5 heteroatoms. The third-order valence-electron chi connectivity index (χ3n) is 3.73. The smallest absolute Gasteiger partial charge is 0.224 e. The molecule has 2 aromatic carbocycles. The van der Waals surface area contributed by atoms with Crippen LogP contribution < -0.4 is 10.1 Å². The van der Waals surface area contributed by atoms with Crippen LogP contribution >= 0.6 is 0 Å². The van der Waals surface area contributed by atoms with Gasteiger partial charge in [0.05, 0.1) is 13.0 Å². The summed E-state index contributed by atoms with van der Waals surface area (Å²) in [5.74, 6) is 0.837. The molecule has 1 aromatic heterocycles. The molecule has 0 aliphatic carbocycles. The number of hydrogen-bond donors (Lipinski definition) is 1. The van der Waals surface area contributed by atoms with Crippen LogP contribution in [0, 0.1) is 0 Å². The van der Waals surface area contributed by atoms with Gasteiger partial charge in [-0.3, -0.25) is 4.79 Å². The molecule has 1 amide bonds. The molecule has 3 rings (SSSR count). The van der Waals surface area contributed by atoms with E-state index >= 15 is 0 Å². The maximum absolute atomic E-state index is 12.0. The van der Waals surface area contributed by atoms with Crippen molar-refractivity contribution in [2.45, 2.75) is 19.8 Å². The van der Waals surface area contributed by atoms with Gasteiger partial charge in [-0.1, -0.05) is 18.2 Å². The first-order valence-corrected chi connectivity index (χ1v) is 8.05. The first-order chi connectivity index (χ1) is 11.7. The Labute approximate surface area is 140 Å². The van der Waals surface area contributed by atoms with Crippen molar-refractivity contribution in [1.29, 1.82) is 0 Å². The van der Waals surface area contributed by atoms with Crippen molar-refractivity contribution in [2.24, 2.45) is 0 Å². The minimum atomic E-state index is 0.0138. The predicted octanol–water partition coefficient (Wildman–Crippen LogP) is 3.13. The SMILES string of the molecule is CCOc1ccc(CC(=O)NCCc2ccc3ncoc3c2)cc1. The number of benzene rings is 2. The van der Waals surface area contributed by atoms with Crippen molar-refractivity contribution in [3.8, 4) is 5.75 Å². The second-order valence-corrected chi connectivity index (χ2v) is 5.51. The molecule has 1 heterocycles. The van der Waals surface area contributed by atoms with Crippen molar-refractivity contribution in [1.82, 2.24) is 10.3 Å². The second kappa shape index (κ2) is 7.64. The van der Waals surface area contributed by atoms with Gasteiger partial charge in [0.15, 0.2) is 12.0 Å². The average molecular weight is 324 g/mol. The maximum Gasteiger partial charge on any atom is 0.224 e. The Bertz CT molecular complexity index is 809. The molecule has 1 N–H and O–H groups in total. The van der Waals surface area contributed by atoms with Gasteiger partial charge in [-0.05, 0) is 48.7 Å². The summed E-state index contributed by atoms with van der Waals surface area (Å²) in [6.45, 7) is 3.18. The summed E-state index contributed by atoms with van der Waals surface area (Å²) in [7, 11) is 0. The van der Waals surface area contributed by atoms with E-state index in [1.54, 1.807) is 0 Å². The number of carbonyl (C=O) groups is 1. The Kier molecular flexibility index (Phi) is 5.11. The lowest BCUT2D eigenvalue weighted by Crippen LogP contribution is -2.27. The van der Waals surface area contributed by atoms with Crippen LogP contribution in [0.4, 0.5) is 0 Å². The normalized spacial score (nSPS) is 10.7. The highest BCUT2D eigenvalue weighted by Crippen LogP contribution is 2.14. The minimum absolute atomic E-state index is 0.0138. The van der Waals surface area contributed by atoms with Gasteiger partial charge in [0.1, 0.15) is 11.3 Å². The molecule has 0 radical (unpaired) electrons. The first kappa shape index (κ1) is 16.1. The van der Waals surface area contributed by atoms with E-state index in [1.807, 2.05) is 49.4 Å². The highest BCUT2D eigenvalue weighted by atomic mass is 16.5. The maximum atomic E-state index is 12.0. The highest BCUT2D eigenvalue weighted by molar-refractivity contribution is 5.78. The number of ether oxygens (including phenoxy) is 1. The van der Waals surface area contributed by atoms with Crippen molar-refractivity contribution in [2.75, 3.05) is 13.2 Å². The molecule has 0 fully saturated rings. The van der Waals surface area contributed by atoms with Crippen LogP contribution in [0.1, 0.15) is 18.1 Å². The van der Waals surface area contributed by atoms with Gasteiger partial charge in [0, 0.05) is 6.54 Å². The lowest BCUT2D eigenvalue weighted by Gasteiger charge is -2.07. The summed E-state index contributed by atoms with van der Waals surface area (Å²) in [5, 5.41) is 2.94. The monoisotopic (exact) mass is 324 g/mol. The Morgan fingerprint density at radius 1 is 1.17 bits per heavy atom. The fourth-order valence-electron chi connectivity index (χ4n) is 2.52. The number of carbonyl (C=O) groups excluding carboxylic acids is 1. The van der Waals surface area contributed by atoms with E-state index in [9.17, 15) is 4.79 Å². The Hall–Kier alpha value is -2.82. The van der Waals surface area contributed by atoms with Crippen molar-refractivity contribution in [3.05, 3.63) is 60.0 Å². The third-order valence-corrected chi connectivity index (χ3v) is 3.73. The molecule has 24 heavy (non-hydrogen) atoms. The molecule has 0 spiro atoms. The van der Waals surface area contributed by atoms with Gasteiger partial charge in [0.25, 0.3) is 0 Å². The lowest BCUT2D eigenvalue weighted by molar-refractivity contribution is -0.120. The first-order valence-electron chi connectivity index (χ1n) is 8.05. The van der Waals surface area contributed by atoms with Crippen molar-refractivity contribution in [3.63, 3.8) is 0 Å². The summed E-state index contributed by atoms with van der Waals surface area (Å²) in [6, 6.07) is 13.5. The fourth-order valence-corrected chi connectivity index (χ4v) is 2.52. The van der Waals surface area contributed by atoms with E-state index in [1.165, 1.54) is 6.39 Å². The molecular weight excluding hydrogens is 304 g/mol. The van der Waals surface area contributed by atoms with Gasteiger partial charge in [-0.2, -0.15) is 0 Å². The summed E-state index contributed by atoms with van der Waals surface area (Å²) in [6.07, 6.45) is 2.56. The van der Waals surface area contributed by atoms with Crippen LogP contribution in [-0.2, 0) is 17.6 Å². The van der Waals surface area contributed by atoms with Crippen LogP contribution in [0.25, 0.3) is 11.1 Å². The van der Waals surface area contributed by atoms with Crippen LogP contribution in [0.5, 0.6) is 5.75 Å². The zero-order valence-corrected chi connectivity index (χ0v) is 13.6. The molecule has 0 aliphatic heterocycles. The number of nitrogens with zero attached hydrogens (tertiary/aromatic N) is 1. The molecular formula is C19H20N2O3. The molecule has 3 aromatic rings. The Morgan fingerprint density at radius 2 is 1.96 bits per heavy atom. The van der Waals surface area contributed by atoms with Crippen molar-refractivity contribution >= 4 is 17.0 Å². The van der Waals surface area contributed by atoms with Crippen LogP contribution in [-0.4, -0.2) is 24.0 Å². The van der Waals surface area contributed by atoms with Crippen LogP contribution in [0.3, 0.4) is 0 Å². The molecule has 0 atom stereocenters. The van der Waals surface area contributed by atoms with Crippen LogP contribution in [0.2, 0.25) is 0 Å². The topological polar surface area (TPSA) is 64.4 Å². The molecule has 124 valence electrons. The average Bonchev–Trinajstić information content (AvgIpc) is 3.05. The van der Waals surface area contributed by atoms with E-state index in [4.69, 9.17) is 9.15 Å². The molecule has 0 aliphatic rings. The highest BCUT2D eigenvalue weighted by Gasteiger charge is 2.05. The summed E-state index contributed by atoms with van der Waals surface area (Å²) < 4.78 is 10.7. The number of nitrogens with one attached hydrogen (secondary N) is 1. The zero-order chi connectivity index (χ0) is 16.8. The number of oxazole rings is 1. The van der Waals surface area contributed by atoms with E-state index in [-0.39, 0.29) is 5.91 Å². The summed E-state index contributed by atoms with van der Waals surface area (Å²) in [5.41, 5.74) is 3.70. The molecule has 0 unspecified atom stereocenters. The molecule has 5 nitrogen and oxygen atoms in total. The number of amides is 1. The van der Waals surface area contributed by atoms with Gasteiger partial charge in [-0.15, -0.1) is 0 Å². The van der Waals surface area contributed by atoms with Crippen molar-refractivity contribution < 1.29 is 13.9 Å². The summed E-state index contributed by atoms with van der Waals surface area (Å²) in [4.78, 5) is 16.1. The standard InChI is InChI=1S/C19H20N2O3/c1-2-23-16-6-3-14(4-7-16)12-19(22)20-10-9-15-5-8-17-18(11-15)24-13-21-17/h3-8,11,13H,2,9-10,12H2,1H3,(H,20,22). The Morgan fingerprint density at radius 3 is 2.75 bits per heavy atom. The number of hydrogen-bond acceptors (Lipinski definition) is 4. The van der Waals surface area contributed by atoms with Gasteiger partial charge in [-0.25, -0.2) is 4.98 Å². The van der Waals surface area contributed by atoms with Gasteiger partial charge in [0.2, 0.25) is 5.91 Å². The molecule has 0 saturated carbocycles. The molecule has 0 saturated heterocycles. The molecule has 0 bridgehead atoms. The largest absolute Gasteiger partial charge is 0.494 e. The summed E-state index contributed by atoms with van der Waals surface area (Å²) >= 11 is 0. The predicted molar refractivity (Wildman–Crippen MR) is 92.0 cm³/mol. The lowest BCUT2D eigenvalue weighted by atomic mass is 10.1.